The largest absolute Gasteiger partial charge is 0.493 e. The molecule has 3 aromatic carbocycles. The number of rotatable bonds is 4. The monoisotopic (exact) mass is 483 g/mol. The molecule has 1 N–H and O–H groups in total. The van der Waals surface area contributed by atoms with Gasteiger partial charge < -0.3 is 14.8 Å². The minimum Gasteiger partial charge on any atom is -0.493 e. The minimum atomic E-state index is -4.57. The Balaban J connectivity index is 1.53. The van der Waals surface area contributed by atoms with Crippen molar-refractivity contribution >= 4 is 16.8 Å². The lowest BCUT2D eigenvalue weighted by molar-refractivity contribution is -0.137. The van der Waals surface area contributed by atoms with E-state index < -0.39 is 29.5 Å². The van der Waals surface area contributed by atoms with Crippen LogP contribution >= 0.6 is 0 Å². The highest BCUT2D eigenvalue weighted by Crippen LogP contribution is 2.36. The molecule has 0 radical (unpaired) electrons. The van der Waals surface area contributed by atoms with Crippen molar-refractivity contribution in [2.75, 3.05) is 6.61 Å². The lowest BCUT2D eigenvalue weighted by Crippen LogP contribution is -2.32. The molecular weight excluding hydrogens is 466 g/mol. The lowest BCUT2D eigenvalue weighted by atomic mass is 9.99. The van der Waals surface area contributed by atoms with Gasteiger partial charge in [-0.3, -0.25) is 4.79 Å². The summed E-state index contributed by atoms with van der Waals surface area (Å²) in [5.74, 6) is -1.02. The molecule has 0 saturated heterocycles. The van der Waals surface area contributed by atoms with Gasteiger partial charge in [-0.1, -0.05) is 24.3 Å². The number of halogens is 4. The average Bonchev–Trinajstić information content (AvgIpc) is 2.84. The van der Waals surface area contributed by atoms with E-state index in [9.17, 15) is 22.4 Å². The van der Waals surface area contributed by atoms with Gasteiger partial charge in [0, 0.05) is 17.4 Å². The molecule has 0 fully saturated rings. The molecule has 0 unspecified atom stereocenters. The summed E-state index contributed by atoms with van der Waals surface area (Å²) >= 11 is 0. The van der Waals surface area contributed by atoms with E-state index in [2.05, 4.69) is 15.5 Å². The number of fused-ring (bicyclic) bond motifs is 2. The topological polar surface area (TPSA) is 73.3 Å². The van der Waals surface area contributed by atoms with Crippen LogP contribution in [0, 0.1) is 5.82 Å². The first kappa shape index (κ1) is 22.6. The molecule has 0 spiro atoms. The fourth-order valence-electron chi connectivity index (χ4n) is 3.92. The van der Waals surface area contributed by atoms with Crippen LogP contribution < -0.4 is 14.8 Å². The van der Waals surface area contributed by atoms with Crippen molar-refractivity contribution in [3.8, 4) is 17.4 Å². The number of nitrogens with one attached hydrogen (secondary N) is 1. The van der Waals surface area contributed by atoms with Gasteiger partial charge in [0.15, 0.2) is 0 Å². The SMILES string of the molecule is O=C(N[C@H]1CCOc2ccc(F)cc21)c1c(Oc2cccc(C(F)(F)F)c2)nnc2ccccc12. The van der Waals surface area contributed by atoms with E-state index in [1.54, 1.807) is 24.3 Å². The third-order valence-electron chi connectivity index (χ3n) is 5.56. The molecule has 10 heteroatoms. The summed E-state index contributed by atoms with van der Waals surface area (Å²) in [7, 11) is 0. The number of nitrogens with zero attached hydrogens (tertiary/aromatic N) is 2. The summed E-state index contributed by atoms with van der Waals surface area (Å²) in [5, 5.41) is 11.3. The maximum absolute atomic E-state index is 13.9. The van der Waals surface area contributed by atoms with Gasteiger partial charge in [0.2, 0.25) is 0 Å². The second-order valence-corrected chi connectivity index (χ2v) is 7.87. The predicted molar refractivity (Wildman–Crippen MR) is 118 cm³/mol. The maximum atomic E-state index is 13.9. The molecule has 1 aliphatic rings. The number of hydrogen-bond donors (Lipinski definition) is 1. The van der Waals surface area contributed by atoms with E-state index in [0.29, 0.717) is 35.2 Å². The molecule has 1 atom stereocenters. The highest BCUT2D eigenvalue weighted by Gasteiger charge is 2.31. The first-order chi connectivity index (χ1) is 16.8. The van der Waals surface area contributed by atoms with Gasteiger partial charge in [-0.15, -0.1) is 10.2 Å². The number of amides is 1. The van der Waals surface area contributed by atoms with Crippen molar-refractivity contribution in [1.82, 2.24) is 15.5 Å². The molecule has 1 aliphatic heterocycles. The Labute approximate surface area is 196 Å². The van der Waals surface area contributed by atoms with Gasteiger partial charge in [-0.05, 0) is 42.5 Å². The maximum Gasteiger partial charge on any atom is 0.416 e. The molecule has 1 aromatic heterocycles. The smallest absolute Gasteiger partial charge is 0.416 e. The third kappa shape index (κ3) is 4.59. The summed E-state index contributed by atoms with van der Waals surface area (Å²) in [6.07, 6.45) is -4.18. The Morgan fingerprint density at radius 3 is 2.69 bits per heavy atom. The van der Waals surface area contributed by atoms with Crippen LogP contribution in [0.2, 0.25) is 0 Å². The van der Waals surface area contributed by atoms with Gasteiger partial charge >= 0.3 is 6.18 Å². The number of alkyl halides is 3. The zero-order valence-electron chi connectivity index (χ0n) is 18.0. The summed E-state index contributed by atoms with van der Waals surface area (Å²) in [5.41, 5.74) is -0.0308. The number of aromatic nitrogens is 2. The van der Waals surface area contributed by atoms with E-state index >= 15 is 0 Å². The minimum absolute atomic E-state index is 0.00235. The fourth-order valence-corrected chi connectivity index (χ4v) is 3.92. The van der Waals surface area contributed by atoms with Crippen LogP contribution in [0.5, 0.6) is 17.4 Å². The second kappa shape index (κ2) is 8.86. The van der Waals surface area contributed by atoms with Crippen LogP contribution in [0.4, 0.5) is 17.6 Å². The normalized spacial score (nSPS) is 15.3. The summed E-state index contributed by atoms with van der Waals surface area (Å²) in [6.45, 7) is 0.312. The van der Waals surface area contributed by atoms with Crippen molar-refractivity contribution in [1.29, 1.82) is 0 Å². The predicted octanol–water partition coefficient (Wildman–Crippen LogP) is 5.83. The molecule has 4 aromatic rings. The van der Waals surface area contributed by atoms with Crippen LogP contribution in [-0.2, 0) is 6.18 Å². The molecular formula is C25H17F4N3O3. The van der Waals surface area contributed by atoms with Crippen molar-refractivity contribution in [2.45, 2.75) is 18.6 Å². The molecule has 2 heterocycles. The molecule has 0 aliphatic carbocycles. The van der Waals surface area contributed by atoms with E-state index in [4.69, 9.17) is 9.47 Å². The van der Waals surface area contributed by atoms with Crippen molar-refractivity contribution in [3.05, 3.63) is 89.2 Å². The van der Waals surface area contributed by atoms with Gasteiger partial charge in [0.1, 0.15) is 22.9 Å². The number of ether oxygens (including phenoxy) is 2. The Morgan fingerprint density at radius 1 is 1.03 bits per heavy atom. The first-order valence-corrected chi connectivity index (χ1v) is 10.6. The van der Waals surface area contributed by atoms with Gasteiger partial charge in [-0.2, -0.15) is 13.2 Å². The highest BCUT2D eigenvalue weighted by molar-refractivity contribution is 6.08. The Hall–Kier alpha value is -4.21. The Morgan fingerprint density at radius 2 is 1.86 bits per heavy atom. The van der Waals surface area contributed by atoms with Crippen molar-refractivity contribution in [2.24, 2.45) is 0 Å². The summed E-state index contributed by atoms with van der Waals surface area (Å²) in [4.78, 5) is 13.5. The number of hydrogen-bond acceptors (Lipinski definition) is 5. The van der Waals surface area contributed by atoms with Gasteiger partial charge in [0.05, 0.1) is 23.7 Å². The number of carbonyl (C=O) groups is 1. The van der Waals surface area contributed by atoms with E-state index in [1.807, 2.05) is 0 Å². The van der Waals surface area contributed by atoms with E-state index in [0.717, 1.165) is 12.1 Å². The average molecular weight is 483 g/mol. The second-order valence-electron chi connectivity index (χ2n) is 7.87. The Kier molecular flexibility index (Phi) is 5.72. The van der Waals surface area contributed by atoms with Crippen LogP contribution in [-0.4, -0.2) is 22.7 Å². The quantitative estimate of drug-likeness (QED) is 0.370. The van der Waals surface area contributed by atoms with Crippen LogP contribution in [0.25, 0.3) is 10.9 Å². The molecule has 5 rings (SSSR count). The van der Waals surface area contributed by atoms with Crippen LogP contribution in [0.3, 0.4) is 0 Å². The molecule has 6 nitrogen and oxygen atoms in total. The molecule has 0 bridgehead atoms. The van der Waals surface area contributed by atoms with Gasteiger partial charge in [0.25, 0.3) is 11.8 Å². The van der Waals surface area contributed by atoms with Crippen LogP contribution in [0.1, 0.15) is 33.9 Å². The molecule has 35 heavy (non-hydrogen) atoms. The van der Waals surface area contributed by atoms with Crippen LogP contribution in [0.15, 0.2) is 66.7 Å². The zero-order valence-corrected chi connectivity index (χ0v) is 18.0. The first-order valence-electron chi connectivity index (χ1n) is 10.6. The van der Waals surface area contributed by atoms with E-state index in [-0.39, 0.29) is 17.2 Å². The number of carbonyl (C=O) groups excluding carboxylic acids is 1. The van der Waals surface area contributed by atoms with Gasteiger partial charge in [-0.25, -0.2) is 4.39 Å². The number of benzene rings is 3. The summed E-state index contributed by atoms with van der Waals surface area (Å²) in [6, 6.07) is 14.4. The summed E-state index contributed by atoms with van der Waals surface area (Å²) < 4.78 is 64.5. The van der Waals surface area contributed by atoms with E-state index in [1.165, 1.54) is 30.3 Å². The Bertz CT molecular complexity index is 1420. The zero-order chi connectivity index (χ0) is 24.6. The lowest BCUT2D eigenvalue weighted by Gasteiger charge is -2.27. The molecule has 1 amide bonds. The molecule has 178 valence electrons. The fraction of sp³-hybridized carbons (Fsp3) is 0.160. The molecule has 0 saturated carbocycles. The highest BCUT2D eigenvalue weighted by atomic mass is 19.4. The standard InChI is InChI=1S/C25H17F4N3O3/c26-15-8-9-21-18(13-15)19(10-11-34-21)30-23(33)22-17-6-1-2-7-20(17)31-32-24(22)35-16-5-3-4-14(12-16)25(27,28)29/h1-9,12-13,19H,10-11H2,(H,30,33)/t19-/m0/s1. The van der Waals surface area contributed by atoms with Crippen molar-refractivity contribution in [3.63, 3.8) is 0 Å². The van der Waals surface area contributed by atoms with Crippen molar-refractivity contribution < 1.29 is 31.8 Å². The third-order valence-corrected chi connectivity index (χ3v) is 5.56.